The monoisotopic (exact) mass is 284 g/mol. The maximum Gasteiger partial charge on any atom is 0.180 e. The van der Waals surface area contributed by atoms with Crippen LogP contribution in [0, 0.1) is 6.92 Å². The van der Waals surface area contributed by atoms with E-state index in [-0.39, 0.29) is 0 Å². The van der Waals surface area contributed by atoms with Crippen molar-refractivity contribution in [2.75, 3.05) is 11.9 Å². The number of hydrogen-bond donors (Lipinski definition) is 1. The summed E-state index contributed by atoms with van der Waals surface area (Å²) in [6.45, 7) is 9.40. The van der Waals surface area contributed by atoms with E-state index in [1.54, 1.807) is 6.20 Å². The van der Waals surface area contributed by atoms with E-state index in [0.717, 1.165) is 48.8 Å². The van der Waals surface area contributed by atoms with Crippen molar-refractivity contribution in [3.05, 3.63) is 35.2 Å². The normalized spacial score (nSPS) is 10.7. The lowest BCUT2D eigenvalue weighted by Gasteiger charge is -2.14. The molecular formula is C17H24N4. The highest BCUT2D eigenvalue weighted by molar-refractivity contribution is 5.59. The fourth-order valence-corrected chi connectivity index (χ4v) is 2.44. The maximum absolute atomic E-state index is 4.74. The summed E-state index contributed by atoms with van der Waals surface area (Å²) in [6.07, 6.45) is 4.74. The topological polar surface area (TPSA) is 50.7 Å². The lowest BCUT2D eigenvalue weighted by Crippen LogP contribution is -2.10. The lowest BCUT2D eigenvalue weighted by molar-refractivity contribution is 0.934. The minimum atomic E-state index is 0.723. The number of aromatic nitrogens is 3. The van der Waals surface area contributed by atoms with E-state index in [0.29, 0.717) is 0 Å². The molecule has 0 aliphatic rings. The SMILES string of the molecule is CCCNc1nc(-c2ncccc2CC)nc(C)c1CC. The molecule has 0 saturated carbocycles. The first-order valence-corrected chi connectivity index (χ1v) is 7.76. The van der Waals surface area contributed by atoms with Gasteiger partial charge in [-0.1, -0.05) is 26.8 Å². The molecule has 2 rings (SSSR count). The third kappa shape index (κ3) is 3.38. The van der Waals surface area contributed by atoms with Crippen LogP contribution in [0.25, 0.3) is 11.5 Å². The second-order valence-electron chi connectivity index (χ2n) is 5.10. The number of nitrogens with one attached hydrogen (secondary N) is 1. The van der Waals surface area contributed by atoms with Gasteiger partial charge in [-0.2, -0.15) is 0 Å². The van der Waals surface area contributed by atoms with Crippen molar-refractivity contribution in [1.82, 2.24) is 15.0 Å². The molecule has 2 aromatic rings. The second kappa shape index (κ2) is 7.16. The molecule has 2 aromatic heterocycles. The second-order valence-corrected chi connectivity index (χ2v) is 5.10. The summed E-state index contributed by atoms with van der Waals surface area (Å²) >= 11 is 0. The van der Waals surface area contributed by atoms with Crippen LogP contribution >= 0.6 is 0 Å². The molecule has 0 amide bonds. The molecule has 0 bridgehead atoms. The molecular weight excluding hydrogens is 260 g/mol. The Morgan fingerprint density at radius 3 is 2.57 bits per heavy atom. The first kappa shape index (κ1) is 15.4. The van der Waals surface area contributed by atoms with Gasteiger partial charge in [0, 0.05) is 24.0 Å². The van der Waals surface area contributed by atoms with Crippen LogP contribution in [0.3, 0.4) is 0 Å². The van der Waals surface area contributed by atoms with Gasteiger partial charge in [0.15, 0.2) is 5.82 Å². The van der Waals surface area contributed by atoms with Crippen LogP contribution in [0.2, 0.25) is 0 Å². The van der Waals surface area contributed by atoms with Crippen molar-refractivity contribution in [3.8, 4) is 11.5 Å². The number of rotatable bonds is 6. The molecule has 0 aliphatic heterocycles. The Labute approximate surface area is 127 Å². The number of anilines is 1. The van der Waals surface area contributed by atoms with Gasteiger partial charge < -0.3 is 5.32 Å². The number of nitrogens with zero attached hydrogens (tertiary/aromatic N) is 3. The Kier molecular flexibility index (Phi) is 5.26. The molecule has 1 N–H and O–H groups in total. The summed E-state index contributed by atoms with van der Waals surface area (Å²) < 4.78 is 0. The number of hydrogen-bond acceptors (Lipinski definition) is 4. The van der Waals surface area contributed by atoms with E-state index in [9.17, 15) is 0 Å². The summed E-state index contributed by atoms with van der Waals surface area (Å²) in [5.74, 6) is 1.68. The fraction of sp³-hybridized carbons (Fsp3) is 0.471. The van der Waals surface area contributed by atoms with Crippen molar-refractivity contribution in [2.24, 2.45) is 0 Å². The van der Waals surface area contributed by atoms with Gasteiger partial charge in [-0.15, -0.1) is 0 Å². The van der Waals surface area contributed by atoms with E-state index < -0.39 is 0 Å². The van der Waals surface area contributed by atoms with Crippen LogP contribution in [-0.4, -0.2) is 21.5 Å². The van der Waals surface area contributed by atoms with Gasteiger partial charge in [0.2, 0.25) is 0 Å². The van der Waals surface area contributed by atoms with Crippen LogP contribution in [0.5, 0.6) is 0 Å². The van der Waals surface area contributed by atoms with Crippen molar-refractivity contribution in [2.45, 2.75) is 47.0 Å². The zero-order valence-electron chi connectivity index (χ0n) is 13.4. The molecule has 0 fully saturated rings. The van der Waals surface area contributed by atoms with E-state index >= 15 is 0 Å². The fourth-order valence-electron chi connectivity index (χ4n) is 2.44. The summed E-state index contributed by atoms with van der Waals surface area (Å²) in [5, 5.41) is 3.42. The first-order valence-electron chi connectivity index (χ1n) is 7.76. The van der Waals surface area contributed by atoms with Gasteiger partial charge >= 0.3 is 0 Å². The highest BCUT2D eigenvalue weighted by Crippen LogP contribution is 2.24. The van der Waals surface area contributed by atoms with E-state index in [1.165, 1.54) is 11.1 Å². The highest BCUT2D eigenvalue weighted by atomic mass is 15.0. The van der Waals surface area contributed by atoms with E-state index in [2.05, 4.69) is 49.0 Å². The third-order valence-corrected chi connectivity index (χ3v) is 3.59. The van der Waals surface area contributed by atoms with Gasteiger partial charge in [-0.3, -0.25) is 4.98 Å². The smallest absolute Gasteiger partial charge is 0.180 e. The molecule has 2 heterocycles. The molecule has 4 heteroatoms. The molecule has 0 unspecified atom stereocenters. The highest BCUT2D eigenvalue weighted by Gasteiger charge is 2.14. The van der Waals surface area contributed by atoms with Gasteiger partial charge in [0.25, 0.3) is 0 Å². The van der Waals surface area contributed by atoms with Crippen molar-refractivity contribution in [3.63, 3.8) is 0 Å². The van der Waals surface area contributed by atoms with Crippen LogP contribution in [-0.2, 0) is 12.8 Å². The Balaban J connectivity index is 2.52. The maximum atomic E-state index is 4.74. The standard InChI is InChI=1S/C17H24N4/c1-5-10-19-16-14(7-3)12(4)20-17(21-16)15-13(6-2)9-8-11-18-15/h8-9,11H,5-7,10H2,1-4H3,(H,19,20,21). The van der Waals surface area contributed by atoms with E-state index in [4.69, 9.17) is 4.98 Å². The van der Waals surface area contributed by atoms with Crippen LogP contribution < -0.4 is 5.32 Å². The van der Waals surface area contributed by atoms with Crippen LogP contribution in [0.1, 0.15) is 44.0 Å². The molecule has 0 aliphatic carbocycles. The van der Waals surface area contributed by atoms with E-state index in [1.807, 2.05) is 6.07 Å². The molecule has 0 spiro atoms. The van der Waals surface area contributed by atoms with Crippen LogP contribution in [0.15, 0.2) is 18.3 Å². The summed E-state index contributed by atoms with van der Waals surface area (Å²) in [5.41, 5.74) is 4.31. The number of aryl methyl sites for hydroxylation is 2. The van der Waals surface area contributed by atoms with Crippen LogP contribution in [0.4, 0.5) is 5.82 Å². The Hall–Kier alpha value is -1.97. The average Bonchev–Trinajstić information content (AvgIpc) is 2.52. The zero-order valence-corrected chi connectivity index (χ0v) is 13.4. The summed E-state index contributed by atoms with van der Waals surface area (Å²) in [4.78, 5) is 13.9. The predicted octanol–water partition coefficient (Wildman–Crippen LogP) is 3.79. The average molecular weight is 284 g/mol. The lowest BCUT2D eigenvalue weighted by atomic mass is 10.1. The molecule has 0 saturated heterocycles. The molecule has 0 atom stereocenters. The predicted molar refractivity (Wildman–Crippen MR) is 87.5 cm³/mol. The molecule has 0 radical (unpaired) electrons. The molecule has 21 heavy (non-hydrogen) atoms. The molecule has 0 aromatic carbocycles. The van der Waals surface area contributed by atoms with Gasteiger partial charge in [0.05, 0.1) is 0 Å². The summed E-state index contributed by atoms with van der Waals surface area (Å²) in [6, 6.07) is 4.06. The van der Waals surface area contributed by atoms with Gasteiger partial charge in [-0.25, -0.2) is 9.97 Å². The van der Waals surface area contributed by atoms with Gasteiger partial charge in [-0.05, 0) is 37.8 Å². The Bertz CT molecular complexity index is 608. The van der Waals surface area contributed by atoms with Gasteiger partial charge in [0.1, 0.15) is 11.5 Å². The van der Waals surface area contributed by atoms with Crippen molar-refractivity contribution >= 4 is 5.82 Å². The van der Waals surface area contributed by atoms with Crippen molar-refractivity contribution in [1.29, 1.82) is 0 Å². The largest absolute Gasteiger partial charge is 0.370 e. The zero-order chi connectivity index (χ0) is 15.2. The van der Waals surface area contributed by atoms with Crippen molar-refractivity contribution < 1.29 is 0 Å². The number of pyridine rings is 1. The molecule has 112 valence electrons. The molecule has 4 nitrogen and oxygen atoms in total. The Morgan fingerprint density at radius 2 is 1.90 bits per heavy atom. The third-order valence-electron chi connectivity index (χ3n) is 3.59. The summed E-state index contributed by atoms with van der Waals surface area (Å²) in [7, 11) is 0. The Morgan fingerprint density at radius 1 is 1.10 bits per heavy atom. The first-order chi connectivity index (χ1) is 10.2. The quantitative estimate of drug-likeness (QED) is 0.876. The minimum absolute atomic E-state index is 0.723. The minimum Gasteiger partial charge on any atom is -0.370 e.